The van der Waals surface area contributed by atoms with Crippen LogP contribution >= 0.6 is 0 Å². The number of carbonyl (C=O) groups is 1. The summed E-state index contributed by atoms with van der Waals surface area (Å²) >= 11 is 0. The molecule has 1 aromatic heterocycles. The van der Waals surface area contributed by atoms with Gasteiger partial charge in [0.15, 0.2) is 0 Å². The Balaban J connectivity index is 1.94. The van der Waals surface area contributed by atoms with Gasteiger partial charge in [-0.25, -0.2) is 0 Å². The van der Waals surface area contributed by atoms with Crippen LogP contribution in [0.2, 0.25) is 0 Å². The molecule has 0 spiro atoms. The number of para-hydroxylation sites is 1. The Kier molecular flexibility index (Phi) is 3.96. The van der Waals surface area contributed by atoms with E-state index < -0.39 is 0 Å². The van der Waals surface area contributed by atoms with Gasteiger partial charge in [0.2, 0.25) is 0 Å². The highest BCUT2D eigenvalue weighted by atomic mass is 16.2. The molecule has 1 aliphatic rings. The van der Waals surface area contributed by atoms with Crippen LogP contribution in [0.5, 0.6) is 0 Å². The first-order valence-electron chi connectivity index (χ1n) is 7.26. The van der Waals surface area contributed by atoms with Gasteiger partial charge in [-0.15, -0.1) is 10.2 Å². The highest BCUT2D eigenvalue weighted by molar-refractivity contribution is 5.98. The molecule has 0 saturated carbocycles. The number of piperidine rings is 1. The Morgan fingerprint density at radius 2 is 2.00 bits per heavy atom. The molecule has 2 N–H and O–H groups in total. The first-order chi connectivity index (χ1) is 10.3. The molecule has 0 bridgehead atoms. The summed E-state index contributed by atoms with van der Waals surface area (Å²) < 4.78 is 1.76. The van der Waals surface area contributed by atoms with Gasteiger partial charge >= 0.3 is 0 Å². The standard InChI is InChI=1S/C15H19N5O/c16-9-12-5-3-4-8-20(12)15(21)13-6-1-2-7-14(13)19-10-17-18-11-19/h1-2,6-7,10-12H,3-5,8-9,16H2/t12-/m1/s1. The molecule has 2 heterocycles. The number of nitrogens with two attached hydrogens (primary N) is 1. The normalized spacial score (nSPS) is 18.7. The summed E-state index contributed by atoms with van der Waals surface area (Å²) in [6.07, 6.45) is 6.36. The minimum absolute atomic E-state index is 0.0365. The van der Waals surface area contributed by atoms with Gasteiger partial charge in [-0.1, -0.05) is 12.1 Å². The first kappa shape index (κ1) is 13.8. The molecule has 1 amide bonds. The molecule has 1 atom stereocenters. The van der Waals surface area contributed by atoms with Crippen molar-refractivity contribution in [2.75, 3.05) is 13.1 Å². The Hall–Kier alpha value is -2.21. The summed E-state index contributed by atoms with van der Waals surface area (Å²) in [5.41, 5.74) is 7.29. The summed E-state index contributed by atoms with van der Waals surface area (Å²) in [6.45, 7) is 1.29. The Morgan fingerprint density at radius 1 is 1.24 bits per heavy atom. The summed E-state index contributed by atoms with van der Waals surface area (Å²) in [5.74, 6) is 0.0365. The van der Waals surface area contributed by atoms with Crippen LogP contribution in [0.15, 0.2) is 36.9 Å². The Morgan fingerprint density at radius 3 is 2.76 bits per heavy atom. The SMILES string of the molecule is NC[C@H]1CCCCN1C(=O)c1ccccc1-n1cnnc1. The van der Waals surface area contributed by atoms with Crippen molar-refractivity contribution < 1.29 is 4.79 Å². The zero-order chi connectivity index (χ0) is 14.7. The Labute approximate surface area is 123 Å². The minimum Gasteiger partial charge on any atom is -0.334 e. The molecule has 3 rings (SSSR count). The maximum Gasteiger partial charge on any atom is 0.256 e. The lowest BCUT2D eigenvalue weighted by Gasteiger charge is -2.35. The average molecular weight is 285 g/mol. The third kappa shape index (κ3) is 2.67. The molecule has 21 heavy (non-hydrogen) atoms. The number of hydrogen-bond acceptors (Lipinski definition) is 4. The molecule has 6 heteroatoms. The van der Waals surface area contributed by atoms with Gasteiger partial charge in [0.05, 0.1) is 11.3 Å². The van der Waals surface area contributed by atoms with Crippen LogP contribution in [0.25, 0.3) is 5.69 Å². The monoisotopic (exact) mass is 285 g/mol. The molecule has 1 fully saturated rings. The van der Waals surface area contributed by atoms with Crippen LogP contribution < -0.4 is 5.73 Å². The van der Waals surface area contributed by atoms with E-state index in [2.05, 4.69) is 10.2 Å². The lowest BCUT2D eigenvalue weighted by atomic mass is 10.0. The smallest absolute Gasteiger partial charge is 0.256 e. The number of nitrogens with zero attached hydrogens (tertiary/aromatic N) is 4. The molecule has 0 aliphatic carbocycles. The summed E-state index contributed by atoms with van der Waals surface area (Å²) in [5, 5.41) is 7.62. The van der Waals surface area contributed by atoms with Crippen LogP contribution in [0.1, 0.15) is 29.6 Å². The number of benzene rings is 1. The molecule has 1 aliphatic heterocycles. The molecule has 2 aromatic rings. The fraction of sp³-hybridized carbons (Fsp3) is 0.400. The number of amides is 1. The lowest BCUT2D eigenvalue weighted by Crippen LogP contribution is -2.47. The average Bonchev–Trinajstić information content (AvgIpc) is 3.08. The highest BCUT2D eigenvalue weighted by Crippen LogP contribution is 2.22. The van der Waals surface area contributed by atoms with Crippen molar-refractivity contribution in [3.63, 3.8) is 0 Å². The van der Waals surface area contributed by atoms with Gasteiger partial charge in [-0.05, 0) is 31.4 Å². The summed E-state index contributed by atoms with van der Waals surface area (Å²) in [4.78, 5) is 14.8. The topological polar surface area (TPSA) is 77.0 Å². The number of carbonyl (C=O) groups excluding carboxylic acids is 1. The molecule has 1 saturated heterocycles. The number of hydrogen-bond donors (Lipinski definition) is 1. The van der Waals surface area contributed by atoms with E-state index >= 15 is 0 Å². The first-order valence-corrected chi connectivity index (χ1v) is 7.26. The van der Waals surface area contributed by atoms with E-state index in [0.717, 1.165) is 31.5 Å². The van der Waals surface area contributed by atoms with Crippen LogP contribution in [-0.2, 0) is 0 Å². The van der Waals surface area contributed by atoms with E-state index in [4.69, 9.17) is 5.73 Å². The van der Waals surface area contributed by atoms with Crippen molar-refractivity contribution in [3.8, 4) is 5.69 Å². The molecule has 110 valence electrons. The second-order valence-corrected chi connectivity index (χ2v) is 5.27. The van der Waals surface area contributed by atoms with Crippen molar-refractivity contribution in [1.82, 2.24) is 19.7 Å². The maximum atomic E-state index is 12.9. The van der Waals surface area contributed by atoms with Gasteiger partial charge in [0.1, 0.15) is 12.7 Å². The fourth-order valence-electron chi connectivity index (χ4n) is 2.87. The summed E-state index contributed by atoms with van der Waals surface area (Å²) in [7, 11) is 0. The number of aromatic nitrogens is 3. The van der Waals surface area contributed by atoms with E-state index in [-0.39, 0.29) is 11.9 Å². The molecule has 6 nitrogen and oxygen atoms in total. The van der Waals surface area contributed by atoms with Crippen LogP contribution in [0.4, 0.5) is 0 Å². The lowest BCUT2D eigenvalue weighted by molar-refractivity contribution is 0.0623. The van der Waals surface area contributed by atoms with Gasteiger partial charge in [0.25, 0.3) is 5.91 Å². The molecule has 0 unspecified atom stereocenters. The fourth-order valence-corrected chi connectivity index (χ4v) is 2.87. The predicted molar refractivity (Wildman–Crippen MR) is 79.1 cm³/mol. The van der Waals surface area contributed by atoms with E-state index in [1.807, 2.05) is 29.2 Å². The van der Waals surface area contributed by atoms with Crippen molar-refractivity contribution >= 4 is 5.91 Å². The second kappa shape index (κ2) is 6.05. The van der Waals surface area contributed by atoms with Crippen molar-refractivity contribution in [1.29, 1.82) is 0 Å². The molecular weight excluding hydrogens is 266 g/mol. The van der Waals surface area contributed by atoms with Crippen molar-refractivity contribution in [2.45, 2.75) is 25.3 Å². The van der Waals surface area contributed by atoms with Gasteiger partial charge in [-0.2, -0.15) is 0 Å². The van der Waals surface area contributed by atoms with Gasteiger partial charge < -0.3 is 10.6 Å². The Bertz CT molecular complexity index is 610. The van der Waals surface area contributed by atoms with Gasteiger partial charge in [0, 0.05) is 19.1 Å². The van der Waals surface area contributed by atoms with Crippen LogP contribution in [-0.4, -0.2) is 44.7 Å². The highest BCUT2D eigenvalue weighted by Gasteiger charge is 2.27. The minimum atomic E-state index is 0.0365. The second-order valence-electron chi connectivity index (χ2n) is 5.27. The number of rotatable bonds is 3. The third-order valence-corrected chi connectivity index (χ3v) is 3.99. The van der Waals surface area contributed by atoms with E-state index in [1.54, 1.807) is 17.2 Å². The van der Waals surface area contributed by atoms with Crippen LogP contribution in [0.3, 0.4) is 0 Å². The third-order valence-electron chi connectivity index (χ3n) is 3.99. The zero-order valence-corrected chi connectivity index (χ0v) is 11.9. The summed E-state index contributed by atoms with van der Waals surface area (Å²) in [6, 6.07) is 7.67. The number of likely N-dealkylation sites (tertiary alicyclic amines) is 1. The predicted octanol–water partition coefficient (Wildman–Crippen LogP) is 1.22. The van der Waals surface area contributed by atoms with E-state index in [0.29, 0.717) is 12.1 Å². The quantitative estimate of drug-likeness (QED) is 0.920. The zero-order valence-electron chi connectivity index (χ0n) is 11.9. The largest absolute Gasteiger partial charge is 0.334 e. The maximum absolute atomic E-state index is 12.9. The van der Waals surface area contributed by atoms with Crippen molar-refractivity contribution in [2.24, 2.45) is 5.73 Å². The van der Waals surface area contributed by atoms with Gasteiger partial charge in [-0.3, -0.25) is 9.36 Å². The van der Waals surface area contributed by atoms with E-state index in [1.165, 1.54) is 0 Å². The van der Waals surface area contributed by atoms with E-state index in [9.17, 15) is 4.79 Å². The van der Waals surface area contributed by atoms with Crippen LogP contribution in [0, 0.1) is 0 Å². The van der Waals surface area contributed by atoms with Crippen molar-refractivity contribution in [3.05, 3.63) is 42.5 Å². The molecule has 0 radical (unpaired) electrons. The molecular formula is C15H19N5O. The molecule has 1 aromatic carbocycles.